The van der Waals surface area contributed by atoms with Gasteiger partial charge in [-0.3, -0.25) is 4.90 Å². The Morgan fingerprint density at radius 3 is 2.48 bits per heavy atom. The second kappa shape index (κ2) is 10.6. The Bertz CT molecular complexity index is 1120. The Hall–Kier alpha value is -1.92. The number of likely N-dealkylation sites (tertiary alicyclic amines) is 1. The molecule has 1 aromatic heterocycles. The number of pyridine rings is 1. The highest BCUT2D eigenvalue weighted by molar-refractivity contribution is 7.17. The first kappa shape index (κ1) is 24.2. The average molecular weight is 514 g/mol. The monoisotopic (exact) mass is 513 g/mol. The van der Waals surface area contributed by atoms with E-state index in [0.717, 1.165) is 30.8 Å². The third-order valence-electron chi connectivity index (χ3n) is 5.33. The largest absolute Gasteiger partial charge is 0.492 e. The van der Waals surface area contributed by atoms with E-state index in [1.54, 1.807) is 18.2 Å². The SMILES string of the molecule is FC(F)(P)Oc1ccc(Nc2ccc3c(OCCN4CCCCC4)ccc(Cl)c3n2)cc1Cl. The van der Waals surface area contributed by atoms with Crippen molar-refractivity contribution in [3.63, 3.8) is 0 Å². The Morgan fingerprint density at radius 2 is 1.76 bits per heavy atom. The summed E-state index contributed by atoms with van der Waals surface area (Å²) in [7, 11) is 1.31. The van der Waals surface area contributed by atoms with E-state index in [-0.39, 0.29) is 10.8 Å². The van der Waals surface area contributed by atoms with Gasteiger partial charge in [0.05, 0.1) is 15.6 Å². The zero-order valence-electron chi connectivity index (χ0n) is 17.8. The molecule has 3 aromatic rings. The van der Waals surface area contributed by atoms with Crippen molar-refractivity contribution >= 4 is 54.8 Å². The molecule has 5 nitrogen and oxygen atoms in total. The van der Waals surface area contributed by atoms with Crippen LogP contribution < -0.4 is 14.8 Å². The summed E-state index contributed by atoms with van der Waals surface area (Å²) < 4.78 is 36.7. The Kier molecular flexibility index (Phi) is 7.75. The smallest absolute Gasteiger partial charge is 0.408 e. The van der Waals surface area contributed by atoms with Crippen molar-refractivity contribution in [2.24, 2.45) is 0 Å². The van der Waals surface area contributed by atoms with Gasteiger partial charge < -0.3 is 14.8 Å². The number of nitrogens with zero attached hydrogens (tertiary/aromatic N) is 2. The quantitative estimate of drug-likeness (QED) is 0.330. The molecule has 1 atom stereocenters. The number of piperidine rings is 1. The zero-order chi connectivity index (χ0) is 23.4. The molecule has 1 aliphatic rings. The molecule has 1 N–H and O–H groups in total. The topological polar surface area (TPSA) is 46.6 Å². The van der Waals surface area contributed by atoms with Crippen LogP contribution in [0.3, 0.4) is 0 Å². The molecule has 4 rings (SSSR count). The number of anilines is 2. The van der Waals surface area contributed by atoms with Crippen molar-refractivity contribution < 1.29 is 18.3 Å². The normalized spacial score (nSPS) is 14.9. The zero-order valence-corrected chi connectivity index (χ0v) is 20.5. The standard InChI is InChI=1S/C23H24Cl2F2N3O2P/c24-17-6-8-19(31-13-12-30-10-2-1-3-11-30)16-5-9-21(29-22(16)17)28-15-4-7-20(18(25)14-15)32-23(26,27)33/h4-9,14H,1-3,10-13,33H2,(H,28,29). The highest BCUT2D eigenvalue weighted by Gasteiger charge is 2.24. The van der Waals surface area contributed by atoms with Crippen LogP contribution in [0.5, 0.6) is 11.5 Å². The van der Waals surface area contributed by atoms with Gasteiger partial charge in [0.2, 0.25) is 0 Å². The fourth-order valence-electron chi connectivity index (χ4n) is 3.78. The molecule has 0 spiro atoms. The Morgan fingerprint density at radius 1 is 1.00 bits per heavy atom. The fourth-order valence-corrected chi connectivity index (χ4v) is 4.33. The summed E-state index contributed by atoms with van der Waals surface area (Å²) in [4.78, 5) is 7.03. The minimum absolute atomic E-state index is 0.0466. The highest BCUT2D eigenvalue weighted by atomic mass is 35.5. The molecular formula is C23H24Cl2F2N3O2P. The molecule has 0 amide bonds. The van der Waals surface area contributed by atoms with Gasteiger partial charge in [-0.15, -0.1) is 0 Å². The Labute approximate surface area is 203 Å². The summed E-state index contributed by atoms with van der Waals surface area (Å²) in [6.07, 6.45) is 3.79. The maximum atomic E-state index is 13.1. The summed E-state index contributed by atoms with van der Waals surface area (Å²) >= 11 is 12.5. The first-order valence-electron chi connectivity index (χ1n) is 10.7. The van der Waals surface area contributed by atoms with Crippen molar-refractivity contribution in [3.05, 3.63) is 52.5 Å². The van der Waals surface area contributed by atoms with Crippen LogP contribution in [0, 0.1) is 0 Å². The van der Waals surface area contributed by atoms with Gasteiger partial charge in [-0.1, -0.05) is 29.6 Å². The molecule has 2 heterocycles. The molecule has 176 valence electrons. The van der Waals surface area contributed by atoms with Gasteiger partial charge in [-0.05, 0) is 77.6 Å². The molecule has 1 unspecified atom stereocenters. The number of hydrogen-bond acceptors (Lipinski definition) is 5. The van der Waals surface area contributed by atoms with Crippen molar-refractivity contribution in [2.45, 2.75) is 25.1 Å². The van der Waals surface area contributed by atoms with Gasteiger partial charge in [0.1, 0.15) is 23.9 Å². The maximum Gasteiger partial charge on any atom is 0.408 e. The van der Waals surface area contributed by atoms with Crippen LogP contribution in [0.4, 0.5) is 20.3 Å². The molecular weight excluding hydrogens is 490 g/mol. The predicted octanol–water partition coefficient (Wildman–Crippen LogP) is 6.95. The summed E-state index contributed by atoms with van der Waals surface area (Å²) in [5, 5.41) is 4.47. The van der Waals surface area contributed by atoms with Gasteiger partial charge in [0, 0.05) is 17.6 Å². The van der Waals surface area contributed by atoms with E-state index in [1.165, 1.54) is 40.6 Å². The lowest BCUT2D eigenvalue weighted by Gasteiger charge is -2.26. The van der Waals surface area contributed by atoms with Crippen molar-refractivity contribution in [1.29, 1.82) is 0 Å². The lowest BCUT2D eigenvalue weighted by Crippen LogP contribution is -2.33. The number of fused-ring (bicyclic) bond motifs is 1. The van der Waals surface area contributed by atoms with Gasteiger partial charge >= 0.3 is 5.85 Å². The van der Waals surface area contributed by atoms with E-state index in [0.29, 0.717) is 28.7 Å². The molecule has 0 saturated carbocycles. The van der Waals surface area contributed by atoms with Crippen molar-refractivity contribution in [2.75, 3.05) is 31.6 Å². The third kappa shape index (κ3) is 6.57. The molecule has 1 aliphatic heterocycles. The van der Waals surface area contributed by atoms with Gasteiger partial charge in [0.15, 0.2) is 0 Å². The minimum Gasteiger partial charge on any atom is -0.492 e. The number of benzene rings is 2. The molecule has 10 heteroatoms. The van der Waals surface area contributed by atoms with E-state index >= 15 is 0 Å². The number of alkyl halides is 2. The predicted molar refractivity (Wildman–Crippen MR) is 133 cm³/mol. The Balaban J connectivity index is 1.47. The van der Waals surface area contributed by atoms with Gasteiger partial charge in [-0.25, -0.2) is 4.98 Å². The summed E-state index contributed by atoms with van der Waals surface area (Å²) in [5.74, 6) is -2.27. The summed E-state index contributed by atoms with van der Waals surface area (Å²) in [6, 6.07) is 11.7. The molecule has 0 radical (unpaired) electrons. The molecule has 1 fully saturated rings. The van der Waals surface area contributed by atoms with Crippen LogP contribution in [-0.2, 0) is 0 Å². The number of aromatic nitrogens is 1. The number of nitrogens with one attached hydrogen (secondary N) is 1. The summed E-state index contributed by atoms with van der Waals surface area (Å²) in [5.41, 5.74) is 1.17. The highest BCUT2D eigenvalue weighted by Crippen LogP contribution is 2.36. The number of rotatable bonds is 8. The minimum atomic E-state index is -3.40. The summed E-state index contributed by atoms with van der Waals surface area (Å²) in [6.45, 7) is 3.73. The molecule has 0 bridgehead atoms. The lowest BCUT2D eigenvalue weighted by molar-refractivity contribution is -0.0891. The van der Waals surface area contributed by atoms with Crippen LogP contribution in [-0.4, -0.2) is 42.0 Å². The van der Waals surface area contributed by atoms with E-state index in [4.69, 9.17) is 27.9 Å². The van der Waals surface area contributed by atoms with Crippen LogP contribution in [0.1, 0.15) is 19.3 Å². The third-order valence-corrected chi connectivity index (χ3v) is 6.05. The first-order chi connectivity index (χ1) is 15.8. The van der Waals surface area contributed by atoms with E-state index < -0.39 is 5.85 Å². The second-order valence-corrected chi connectivity index (χ2v) is 9.31. The van der Waals surface area contributed by atoms with Crippen LogP contribution in [0.2, 0.25) is 10.0 Å². The van der Waals surface area contributed by atoms with Crippen molar-refractivity contribution in [3.8, 4) is 11.5 Å². The maximum absolute atomic E-state index is 13.1. The van der Waals surface area contributed by atoms with Crippen molar-refractivity contribution in [1.82, 2.24) is 9.88 Å². The fraction of sp³-hybridized carbons (Fsp3) is 0.348. The van der Waals surface area contributed by atoms with Crippen LogP contribution >= 0.6 is 32.4 Å². The first-order valence-corrected chi connectivity index (χ1v) is 12.0. The van der Waals surface area contributed by atoms with Crippen LogP contribution in [0.25, 0.3) is 10.9 Å². The number of hydrogen-bond donors (Lipinski definition) is 1. The number of halogens is 4. The molecule has 0 aliphatic carbocycles. The molecule has 1 saturated heterocycles. The van der Waals surface area contributed by atoms with E-state index in [2.05, 4.69) is 19.9 Å². The molecule has 33 heavy (non-hydrogen) atoms. The van der Waals surface area contributed by atoms with E-state index in [9.17, 15) is 8.78 Å². The lowest BCUT2D eigenvalue weighted by atomic mass is 10.1. The number of ether oxygens (including phenoxy) is 2. The van der Waals surface area contributed by atoms with Gasteiger partial charge in [0.25, 0.3) is 0 Å². The van der Waals surface area contributed by atoms with Crippen LogP contribution in [0.15, 0.2) is 42.5 Å². The molecule has 2 aromatic carbocycles. The average Bonchev–Trinajstić information content (AvgIpc) is 2.77. The van der Waals surface area contributed by atoms with Gasteiger partial charge in [-0.2, -0.15) is 8.78 Å². The second-order valence-electron chi connectivity index (χ2n) is 7.82. The van der Waals surface area contributed by atoms with E-state index in [1.807, 2.05) is 12.1 Å².